The second kappa shape index (κ2) is 9.53. The molecular formula is C27H30N2O4. The molecule has 0 radical (unpaired) electrons. The number of aromatic nitrogens is 1. The predicted molar refractivity (Wildman–Crippen MR) is 128 cm³/mol. The lowest BCUT2D eigenvalue weighted by Gasteiger charge is -2.22. The number of benzene rings is 2. The van der Waals surface area contributed by atoms with Gasteiger partial charge < -0.3 is 19.5 Å². The Morgan fingerprint density at radius 1 is 1.00 bits per heavy atom. The Labute approximate surface area is 194 Å². The zero-order valence-corrected chi connectivity index (χ0v) is 19.6. The van der Waals surface area contributed by atoms with Crippen LogP contribution in [0.1, 0.15) is 49.8 Å². The van der Waals surface area contributed by atoms with Gasteiger partial charge in [0.1, 0.15) is 13.2 Å². The van der Waals surface area contributed by atoms with Gasteiger partial charge in [-0.2, -0.15) is 0 Å². The van der Waals surface area contributed by atoms with Gasteiger partial charge in [-0.05, 0) is 34.2 Å². The van der Waals surface area contributed by atoms with E-state index in [0.29, 0.717) is 36.3 Å². The fourth-order valence-electron chi connectivity index (χ4n) is 3.88. The summed E-state index contributed by atoms with van der Waals surface area (Å²) in [5.41, 5.74) is 4.01. The van der Waals surface area contributed by atoms with Crippen molar-refractivity contribution in [3.05, 3.63) is 77.5 Å². The maximum Gasteiger partial charge on any atom is 0.225 e. The summed E-state index contributed by atoms with van der Waals surface area (Å²) < 4.78 is 16.4. The van der Waals surface area contributed by atoms with Crippen LogP contribution in [0.5, 0.6) is 17.4 Å². The maximum atomic E-state index is 13.1. The van der Waals surface area contributed by atoms with E-state index in [2.05, 4.69) is 55.3 Å². The molecule has 3 aromatic rings. The van der Waals surface area contributed by atoms with Crippen LogP contribution in [0.2, 0.25) is 0 Å². The molecule has 1 amide bonds. The monoisotopic (exact) mass is 446 g/mol. The minimum absolute atomic E-state index is 0.0608. The summed E-state index contributed by atoms with van der Waals surface area (Å²) in [7, 11) is 1.59. The van der Waals surface area contributed by atoms with E-state index in [1.807, 2.05) is 24.3 Å². The molecule has 33 heavy (non-hydrogen) atoms. The molecule has 6 heteroatoms. The van der Waals surface area contributed by atoms with Crippen LogP contribution in [0.15, 0.2) is 60.8 Å². The molecule has 0 fully saturated rings. The molecule has 1 aliphatic rings. The van der Waals surface area contributed by atoms with E-state index in [0.717, 1.165) is 11.1 Å². The number of pyridine rings is 1. The van der Waals surface area contributed by atoms with Crippen molar-refractivity contribution in [1.82, 2.24) is 4.98 Å². The Balaban J connectivity index is 1.57. The normalized spacial score (nSPS) is 13.8. The molecule has 0 saturated heterocycles. The van der Waals surface area contributed by atoms with Crippen molar-refractivity contribution < 1.29 is 19.0 Å². The molecule has 1 atom stereocenters. The fourth-order valence-corrected chi connectivity index (χ4v) is 3.88. The second-order valence-corrected chi connectivity index (χ2v) is 9.17. The number of amides is 1. The summed E-state index contributed by atoms with van der Waals surface area (Å²) in [6.07, 6.45) is 2.05. The summed E-state index contributed by atoms with van der Waals surface area (Å²) in [4.78, 5) is 17.4. The topological polar surface area (TPSA) is 69.7 Å². The highest BCUT2D eigenvalue weighted by Gasteiger charge is 2.21. The minimum Gasteiger partial charge on any atom is -0.486 e. The SMILES string of the molecule is COc1ccc(C(CC(=O)Nc2ccc3c(c2)OCCO3)c2ccc(C(C)(C)C)cc2)cn1. The first-order valence-corrected chi connectivity index (χ1v) is 11.1. The third-order valence-corrected chi connectivity index (χ3v) is 5.77. The highest BCUT2D eigenvalue weighted by Crippen LogP contribution is 2.34. The summed E-state index contributed by atoms with van der Waals surface area (Å²) in [5.74, 6) is 1.65. The summed E-state index contributed by atoms with van der Waals surface area (Å²) in [6, 6.07) is 17.7. The maximum absolute atomic E-state index is 13.1. The van der Waals surface area contributed by atoms with Crippen LogP contribution >= 0.6 is 0 Å². The summed E-state index contributed by atoms with van der Waals surface area (Å²) in [5, 5.41) is 3.00. The van der Waals surface area contributed by atoms with Crippen LogP contribution in [0.25, 0.3) is 0 Å². The minimum atomic E-state index is -0.144. The second-order valence-electron chi connectivity index (χ2n) is 9.17. The molecule has 6 nitrogen and oxygen atoms in total. The van der Waals surface area contributed by atoms with E-state index in [4.69, 9.17) is 14.2 Å². The largest absolute Gasteiger partial charge is 0.486 e. The van der Waals surface area contributed by atoms with E-state index in [1.165, 1.54) is 5.56 Å². The third-order valence-electron chi connectivity index (χ3n) is 5.77. The molecule has 0 aliphatic carbocycles. The van der Waals surface area contributed by atoms with Gasteiger partial charge in [-0.15, -0.1) is 0 Å². The number of anilines is 1. The van der Waals surface area contributed by atoms with E-state index < -0.39 is 0 Å². The lowest BCUT2D eigenvalue weighted by molar-refractivity contribution is -0.116. The average Bonchev–Trinajstić information content (AvgIpc) is 2.82. The van der Waals surface area contributed by atoms with Gasteiger partial charge in [0.2, 0.25) is 11.8 Å². The highest BCUT2D eigenvalue weighted by molar-refractivity contribution is 5.92. The average molecular weight is 447 g/mol. The molecular weight excluding hydrogens is 416 g/mol. The first-order valence-electron chi connectivity index (χ1n) is 11.1. The van der Waals surface area contributed by atoms with Crippen molar-refractivity contribution in [3.8, 4) is 17.4 Å². The van der Waals surface area contributed by atoms with Gasteiger partial charge in [0.05, 0.1) is 7.11 Å². The number of fused-ring (bicyclic) bond motifs is 1. The Bertz CT molecular complexity index is 1100. The van der Waals surface area contributed by atoms with E-state index >= 15 is 0 Å². The van der Waals surface area contributed by atoms with Gasteiger partial charge in [-0.25, -0.2) is 4.98 Å². The summed E-state index contributed by atoms with van der Waals surface area (Å²) in [6.45, 7) is 7.60. The van der Waals surface area contributed by atoms with Gasteiger partial charge >= 0.3 is 0 Å². The van der Waals surface area contributed by atoms with Crippen LogP contribution in [-0.2, 0) is 10.2 Å². The van der Waals surface area contributed by atoms with E-state index in [-0.39, 0.29) is 23.7 Å². The zero-order valence-electron chi connectivity index (χ0n) is 19.6. The third kappa shape index (κ3) is 5.45. The Kier molecular flexibility index (Phi) is 6.54. The highest BCUT2D eigenvalue weighted by atomic mass is 16.6. The molecule has 4 rings (SSSR count). The molecule has 172 valence electrons. The number of carbonyl (C=O) groups excluding carboxylic acids is 1. The molecule has 1 unspecified atom stereocenters. The molecule has 1 aliphatic heterocycles. The van der Waals surface area contributed by atoms with Crippen LogP contribution in [0.4, 0.5) is 5.69 Å². The zero-order chi connectivity index (χ0) is 23.4. The number of nitrogens with zero attached hydrogens (tertiary/aromatic N) is 1. The first kappa shape index (κ1) is 22.6. The van der Waals surface area contributed by atoms with Gasteiger partial charge in [-0.1, -0.05) is 51.1 Å². The number of carbonyl (C=O) groups is 1. The van der Waals surface area contributed by atoms with Crippen LogP contribution in [0, 0.1) is 0 Å². The van der Waals surface area contributed by atoms with E-state index in [1.54, 1.807) is 19.4 Å². The van der Waals surface area contributed by atoms with Crippen LogP contribution < -0.4 is 19.5 Å². The van der Waals surface area contributed by atoms with Crippen molar-refractivity contribution in [2.45, 2.75) is 38.5 Å². The standard InChI is InChI=1S/C27H30N2O4/c1-27(2,3)20-8-5-18(6-9-20)22(19-7-12-26(31-4)28-17-19)16-25(30)29-21-10-11-23-24(15-21)33-14-13-32-23/h5-12,15,17,22H,13-14,16H2,1-4H3,(H,29,30). The lowest BCUT2D eigenvalue weighted by Crippen LogP contribution is -2.18. The van der Waals surface area contributed by atoms with Crippen molar-refractivity contribution in [2.75, 3.05) is 25.6 Å². The quantitative estimate of drug-likeness (QED) is 0.555. The van der Waals surface area contributed by atoms with Crippen molar-refractivity contribution in [2.24, 2.45) is 0 Å². The van der Waals surface area contributed by atoms with E-state index in [9.17, 15) is 4.79 Å². The van der Waals surface area contributed by atoms with Crippen molar-refractivity contribution in [3.63, 3.8) is 0 Å². The number of hydrogen-bond acceptors (Lipinski definition) is 5. The molecule has 0 bridgehead atoms. The molecule has 1 N–H and O–H groups in total. The number of nitrogens with one attached hydrogen (secondary N) is 1. The van der Waals surface area contributed by atoms with Crippen molar-refractivity contribution in [1.29, 1.82) is 0 Å². The fraction of sp³-hybridized carbons (Fsp3) is 0.333. The van der Waals surface area contributed by atoms with Crippen molar-refractivity contribution >= 4 is 11.6 Å². The molecule has 2 aromatic carbocycles. The van der Waals surface area contributed by atoms with Gasteiger partial charge in [-0.3, -0.25) is 4.79 Å². The number of rotatable bonds is 6. The Hall–Kier alpha value is -3.54. The number of methoxy groups -OCH3 is 1. The molecule has 2 heterocycles. The molecule has 0 spiro atoms. The summed E-state index contributed by atoms with van der Waals surface area (Å²) >= 11 is 0. The van der Waals surface area contributed by atoms with Gasteiger partial charge in [0.25, 0.3) is 0 Å². The smallest absolute Gasteiger partial charge is 0.225 e. The lowest BCUT2D eigenvalue weighted by atomic mass is 9.83. The molecule has 1 aromatic heterocycles. The predicted octanol–water partition coefficient (Wildman–Crippen LogP) is 5.32. The van der Waals surface area contributed by atoms with Gasteiger partial charge in [0, 0.05) is 36.4 Å². The molecule has 0 saturated carbocycles. The van der Waals surface area contributed by atoms with Gasteiger partial charge in [0.15, 0.2) is 11.5 Å². The Morgan fingerprint density at radius 2 is 1.70 bits per heavy atom. The first-order chi connectivity index (χ1) is 15.8. The Morgan fingerprint density at radius 3 is 2.33 bits per heavy atom. The van der Waals surface area contributed by atoms with Crippen LogP contribution in [0.3, 0.4) is 0 Å². The number of hydrogen-bond donors (Lipinski definition) is 1. The van der Waals surface area contributed by atoms with Crippen LogP contribution in [-0.4, -0.2) is 31.2 Å². The number of ether oxygens (including phenoxy) is 3.